The maximum absolute atomic E-state index is 6.44. The second kappa shape index (κ2) is 5.01. The minimum atomic E-state index is -0.353. The molecule has 0 aliphatic carbocycles. The van der Waals surface area contributed by atoms with E-state index < -0.39 is 0 Å². The second-order valence-corrected chi connectivity index (χ2v) is 8.71. The summed E-state index contributed by atoms with van der Waals surface area (Å²) in [5.41, 5.74) is 0. The van der Waals surface area contributed by atoms with Gasteiger partial charge >= 0.3 is 0 Å². The van der Waals surface area contributed by atoms with Gasteiger partial charge in [-0.05, 0) is 27.2 Å². The SMILES string of the molecule is CC(C)(Cl)[C@@H](Br)C[C@@H](Br)[C@@](C)(Cl)[C@H]1CO1. The standard InChI is InChI=1S/C10H16Br2Cl2O/c1-9(2,13)6(11)4-7(12)10(3,14)8-5-15-8/h6-8H,4-5H2,1-3H3/t6-,7+,8+,10+/m0/s1. The summed E-state index contributed by atoms with van der Waals surface area (Å²) in [6.45, 7) is 6.76. The third kappa shape index (κ3) is 4.02. The summed E-state index contributed by atoms with van der Waals surface area (Å²) in [4.78, 5) is -0.230. The fourth-order valence-corrected chi connectivity index (χ4v) is 3.12. The molecule has 0 saturated carbocycles. The number of alkyl halides is 4. The molecule has 0 aromatic carbocycles. The van der Waals surface area contributed by atoms with Crippen molar-refractivity contribution in [3.05, 3.63) is 0 Å². The number of ether oxygens (including phenoxy) is 1. The van der Waals surface area contributed by atoms with E-state index in [0.717, 1.165) is 13.0 Å². The van der Waals surface area contributed by atoms with Crippen LogP contribution in [0.25, 0.3) is 0 Å². The molecule has 0 aromatic heterocycles. The van der Waals surface area contributed by atoms with Crippen molar-refractivity contribution in [3.63, 3.8) is 0 Å². The Balaban J connectivity index is 2.51. The molecule has 1 rings (SSSR count). The van der Waals surface area contributed by atoms with E-state index in [1.807, 2.05) is 20.8 Å². The molecule has 0 bridgehead atoms. The molecule has 1 heterocycles. The van der Waals surface area contributed by atoms with Crippen LogP contribution < -0.4 is 0 Å². The highest BCUT2D eigenvalue weighted by atomic mass is 79.9. The van der Waals surface area contributed by atoms with Gasteiger partial charge in [-0.2, -0.15) is 0 Å². The van der Waals surface area contributed by atoms with E-state index >= 15 is 0 Å². The van der Waals surface area contributed by atoms with E-state index in [1.54, 1.807) is 0 Å². The number of halogens is 4. The Labute approximate surface area is 118 Å². The number of hydrogen-bond acceptors (Lipinski definition) is 1. The van der Waals surface area contributed by atoms with Gasteiger partial charge in [-0.1, -0.05) is 31.9 Å². The van der Waals surface area contributed by atoms with Gasteiger partial charge in [-0.25, -0.2) is 0 Å². The summed E-state index contributed by atoms with van der Waals surface area (Å²) < 4.78 is 5.25. The third-order valence-corrected chi connectivity index (χ3v) is 6.87. The van der Waals surface area contributed by atoms with Crippen LogP contribution >= 0.6 is 55.1 Å². The molecule has 0 unspecified atom stereocenters. The highest BCUT2D eigenvalue weighted by molar-refractivity contribution is 9.10. The lowest BCUT2D eigenvalue weighted by Gasteiger charge is -2.31. The molecule has 1 saturated heterocycles. The molecule has 0 aromatic rings. The molecule has 4 atom stereocenters. The quantitative estimate of drug-likeness (QED) is 0.509. The molecule has 1 fully saturated rings. The summed E-state index contributed by atoms with van der Waals surface area (Å²) in [5.74, 6) is 0. The van der Waals surface area contributed by atoms with Crippen LogP contribution in [0.15, 0.2) is 0 Å². The Morgan fingerprint density at radius 3 is 2.07 bits per heavy atom. The van der Waals surface area contributed by atoms with E-state index in [1.165, 1.54) is 0 Å². The lowest BCUT2D eigenvalue weighted by molar-refractivity contribution is 0.349. The van der Waals surface area contributed by atoms with Crippen molar-refractivity contribution in [1.29, 1.82) is 0 Å². The van der Waals surface area contributed by atoms with Crippen LogP contribution in [-0.4, -0.2) is 32.1 Å². The largest absolute Gasteiger partial charge is 0.371 e. The van der Waals surface area contributed by atoms with E-state index in [0.29, 0.717) is 0 Å². The third-order valence-electron chi connectivity index (χ3n) is 2.73. The summed E-state index contributed by atoms with van der Waals surface area (Å²) in [6.07, 6.45) is 1.04. The van der Waals surface area contributed by atoms with E-state index in [-0.39, 0.29) is 25.5 Å². The van der Waals surface area contributed by atoms with Crippen LogP contribution in [0.1, 0.15) is 27.2 Å². The monoisotopic (exact) mass is 380 g/mol. The Morgan fingerprint density at radius 1 is 1.27 bits per heavy atom. The Bertz CT molecular complexity index is 224. The zero-order valence-corrected chi connectivity index (χ0v) is 13.8. The van der Waals surface area contributed by atoms with Gasteiger partial charge in [0.15, 0.2) is 0 Å². The maximum Gasteiger partial charge on any atom is 0.101 e. The fraction of sp³-hybridized carbons (Fsp3) is 1.00. The van der Waals surface area contributed by atoms with Gasteiger partial charge in [0.05, 0.1) is 16.4 Å². The van der Waals surface area contributed by atoms with Crippen molar-refractivity contribution < 1.29 is 4.74 Å². The average Bonchev–Trinajstić information content (AvgIpc) is 2.83. The van der Waals surface area contributed by atoms with Crippen molar-refractivity contribution in [3.8, 4) is 0 Å². The van der Waals surface area contributed by atoms with Gasteiger partial charge in [-0.15, -0.1) is 23.2 Å². The molecule has 15 heavy (non-hydrogen) atoms. The topological polar surface area (TPSA) is 12.5 Å². The summed E-state index contributed by atoms with van der Waals surface area (Å²) in [7, 11) is 0. The molecular weight excluding hydrogens is 367 g/mol. The molecule has 0 spiro atoms. The van der Waals surface area contributed by atoms with Gasteiger partial charge in [0.1, 0.15) is 6.10 Å². The lowest BCUT2D eigenvalue weighted by atomic mass is 9.96. The first-order valence-electron chi connectivity index (χ1n) is 4.93. The lowest BCUT2D eigenvalue weighted by Crippen LogP contribution is -2.39. The van der Waals surface area contributed by atoms with Crippen LogP contribution in [0.4, 0.5) is 0 Å². The number of epoxide rings is 1. The number of rotatable bonds is 5. The van der Waals surface area contributed by atoms with Gasteiger partial charge in [-0.3, -0.25) is 0 Å². The van der Waals surface area contributed by atoms with Crippen molar-refractivity contribution in [2.75, 3.05) is 6.61 Å². The zero-order chi connectivity index (χ0) is 11.9. The molecule has 0 amide bonds. The second-order valence-electron chi connectivity index (χ2n) is 4.71. The average molecular weight is 383 g/mol. The van der Waals surface area contributed by atoms with Crippen LogP contribution in [-0.2, 0) is 4.74 Å². The number of hydrogen-bond donors (Lipinski definition) is 0. The van der Waals surface area contributed by atoms with Crippen molar-refractivity contribution in [1.82, 2.24) is 0 Å². The van der Waals surface area contributed by atoms with Crippen molar-refractivity contribution >= 4 is 55.1 Å². The highest BCUT2D eigenvalue weighted by Gasteiger charge is 2.47. The maximum atomic E-state index is 6.44. The summed E-state index contributed by atoms with van der Waals surface area (Å²) >= 11 is 19.9. The highest BCUT2D eigenvalue weighted by Crippen LogP contribution is 2.41. The van der Waals surface area contributed by atoms with E-state index in [4.69, 9.17) is 27.9 Å². The minimum Gasteiger partial charge on any atom is -0.371 e. The predicted octanol–water partition coefficient (Wildman–Crippen LogP) is 4.32. The summed E-state index contributed by atoms with van der Waals surface area (Å²) in [6, 6.07) is 0. The van der Waals surface area contributed by atoms with Gasteiger partial charge in [0.25, 0.3) is 0 Å². The minimum absolute atomic E-state index is 0.168. The molecule has 1 aliphatic heterocycles. The van der Waals surface area contributed by atoms with Crippen LogP contribution in [0, 0.1) is 0 Å². The van der Waals surface area contributed by atoms with Gasteiger partial charge < -0.3 is 4.74 Å². The van der Waals surface area contributed by atoms with Gasteiger partial charge in [0.2, 0.25) is 0 Å². The van der Waals surface area contributed by atoms with Crippen LogP contribution in [0.2, 0.25) is 0 Å². The Kier molecular flexibility index (Phi) is 4.86. The Morgan fingerprint density at radius 2 is 1.73 bits per heavy atom. The van der Waals surface area contributed by atoms with Crippen LogP contribution in [0.5, 0.6) is 0 Å². The predicted molar refractivity (Wildman–Crippen MR) is 74.0 cm³/mol. The zero-order valence-electron chi connectivity index (χ0n) is 9.07. The first-order chi connectivity index (χ1) is 6.65. The van der Waals surface area contributed by atoms with Gasteiger partial charge in [0, 0.05) is 9.65 Å². The first kappa shape index (κ1) is 14.6. The van der Waals surface area contributed by atoms with Crippen molar-refractivity contribution in [2.24, 2.45) is 0 Å². The van der Waals surface area contributed by atoms with Crippen LogP contribution in [0.3, 0.4) is 0 Å². The normalized spacial score (nSPS) is 29.4. The molecule has 1 nitrogen and oxygen atoms in total. The molecule has 90 valence electrons. The van der Waals surface area contributed by atoms with E-state index in [2.05, 4.69) is 31.9 Å². The van der Waals surface area contributed by atoms with Crippen molar-refractivity contribution in [2.45, 2.75) is 52.7 Å². The molecule has 0 radical (unpaired) electrons. The molecule has 5 heteroatoms. The first-order valence-corrected chi connectivity index (χ1v) is 7.52. The molecule has 0 N–H and O–H groups in total. The molecular formula is C10H16Br2Cl2O. The molecule has 1 aliphatic rings. The van der Waals surface area contributed by atoms with E-state index in [9.17, 15) is 0 Å². The smallest absolute Gasteiger partial charge is 0.101 e. The Hall–Kier alpha value is 1.50. The summed E-state index contributed by atoms with van der Waals surface area (Å²) in [5, 5.41) is 0. The fourth-order valence-electron chi connectivity index (χ4n) is 1.27.